The third-order valence-electron chi connectivity index (χ3n) is 4.23. The second-order valence-electron chi connectivity index (χ2n) is 6.13. The molecule has 0 saturated carbocycles. The van der Waals surface area contributed by atoms with Crippen LogP contribution < -0.4 is 10.0 Å². The van der Waals surface area contributed by atoms with E-state index in [1.165, 1.54) is 30.3 Å². The summed E-state index contributed by atoms with van der Waals surface area (Å²) in [6.45, 7) is 4.27. The summed E-state index contributed by atoms with van der Waals surface area (Å²) in [6, 6.07) is 9.69. The Morgan fingerprint density at radius 3 is 2.37 bits per heavy atom. The molecule has 1 heterocycles. The third kappa shape index (κ3) is 4.97. The lowest BCUT2D eigenvalue weighted by atomic mass is 10.1. The summed E-state index contributed by atoms with van der Waals surface area (Å²) < 4.78 is 40.9. The first-order valence-electron chi connectivity index (χ1n) is 8.26. The first-order valence-corrected chi connectivity index (χ1v) is 9.74. The van der Waals surface area contributed by atoms with E-state index in [0.717, 1.165) is 13.1 Å². The number of carbonyl (C=O) groups is 1. The molecule has 0 unspecified atom stereocenters. The lowest BCUT2D eigenvalue weighted by Crippen LogP contribution is -2.46. The molecular formula is C18H21ClFN3O3S. The molecule has 0 atom stereocenters. The molecule has 3 rings (SSSR count). The number of carbonyl (C=O) groups excluding carboxylic acids is 1. The van der Waals surface area contributed by atoms with Gasteiger partial charge < -0.3 is 10.2 Å². The van der Waals surface area contributed by atoms with Crippen LogP contribution in [0.2, 0.25) is 0 Å². The summed E-state index contributed by atoms with van der Waals surface area (Å²) in [7, 11) is -3.90. The lowest BCUT2D eigenvalue weighted by Gasteiger charge is -2.27. The zero-order valence-corrected chi connectivity index (χ0v) is 16.4. The van der Waals surface area contributed by atoms with Crippen LogP contribution in [0.15, 0.2) is 47.4 Å². The van der Waals surface area contributed by atoms with E-state index in [4.69, 9.17) is 0 Å². The maximum Gasteiger partial charge on any atom is 0.262 e. The molecule has 1 amide bonds. The van der Waals surface area contributed by atoms with Gasteiger partial charge in [0, 0.05) is 37.4 Å². The molecule has 0 spiro atoms. The highest BCUT2D eigenvalue weighted by atomic mass is 35.5. The number of piperazine rings is 1. The van der Waals surface area contributed by atoms with Crippen molar-refractivity contribution in [2.75, 3.05) is 30.9 Å². The van der Waals surface area contributed by atoms with Crippen molar-refractivity contribution in [1.82, 2.24) is 10.2 Å². The Morgan fingerprint density at radius 2 is 1.74 bits per heavy atom. The number of hydrogen-bond acceptors (Lipinski definition) is 4. The molecule has 2 aromatic carbocycles. The van der Waals surface area contributed by atoms with E-state index in [-0.39, 0.29) is 28.9 Å². The van der Waals surface area contributed by atoms with Gasteiger partial charge in [-0.3, -0.25) is 9.52 Å². The van der Waals surface area contributed by atoms with E-state index < -0.39 is 15.8 Å². The van der Waals surface area contributed by atoms with Crippen LogP contribution in [0.4, 0.5) is 10.1 Å². The SMILES string of the molecule is Cc1ccc(C(=O)N2CCNCC2)cc1S(=O)(=O)Nc1ccc(F)cc1.Cl. The highest BCUT2D eigenvalue weighted by Crippen LogP contribution is 2.22. The van der Waals surface area contributed by atoms with Gasteiger partial charge in [-0.15, -0.1) is 12.4 Å². The summed E-state index contributed by atoms with van der Waals surface area (Å²) >= 11 is 0. The van der Waals surface area contributed by atoms with Crippen molar-refractivity contribution in [3.63, 3.8) is 0 Å². The Morgan fingerprint density at radius 1 is 1.11 bits per heavy atom. The number of aryl methyl sites for hydroxylation is 1. The van der Waals surface area contributed by atoms with Crippen molar-refractivity contribution in [2.45, 2.75) is 11.8 Å². The zero-order chi connectivity index (χ0) is 18.7. The van der Waals surface area contributed by atoms with Gasteiger partial charge in [0.05, 0.1) is 4.90 Å². The van der Waals surface area contributed by atoms with Crippen molar-refractivity contribution >= 4 is 34.0 Å². The summed E-state index contributed by atoms with van der Waals surface area (Å²) in [5.41, 5.74) is 1.11. The van der Waals surface area contributed by atoms with Crippen LogP contribution in [-0.2, 0) is 10.0 Å². The highest BCUT2D eigenvalue weighted by Gasteiger charge is 2.22. The van der Waals surface area contributed by atoms with Crippen molar-refractivity contribution in [1.29, 1.82) is 0 Å². The van der Waals surface area contributed by atoms with E-state index in [0.29, 0.717) is 24.2 Å². The number of nitrogens with one attached hydrogen (secondary N) is 2. The molecule has 0 bridgehead atoms. The monoisotopic (exact) mass is 413 g/mol. The van der Waals surface area contributed by atoms with Crippen molar-refractivity contribution in [3.8, 4) is 0 Å². The van der Waals surface area contributed by atoms with Crippen molar-refractivity contribution in [3.05, 3.63) is 59.4 Å². The normalized spacial score (nSPS) is 14.4. The molecule has 27 heavy (non-hydrogen) atoms. The van der Waals surface area contributed by atoms with E-state index in [1.54, 1.807) is 24.0 Å². The highest BCUT2D eigenvalue weighted by molar-refractivity contribution is 7.92. The molecule has 0 aromatic heterocycles. The maximum absolute atomic E-state index is 13.0. The molecule has 2 aromatic rings. The molecule has 9 heteroatoms. The largest absolute Gasteiger partial charge is 0.336 e. The van der Waals surface area contributed by atoms with E-state index in [2.05, 4.69) is 10.0 Å². The van der Waals surface area contributed by atoms with Gasteiger partial charge in [-0.05, 0) is 48.9 Å². The molecule has 1 saturated heterocycles. The summed E-state index contributed by atoms with van der Waals surface area (Å²) in [5.74, 6) is -0.641. The van der Waals surface area contributed by atoms with Gasteiger partial charge in [0.25, 0.3) is 15.9 Å². The summed E-state index contributed by atoms with van der Waals surface area (Å²) in [5, 5.41) is 3.17. The van der Waals surface area contributed by atoms with Gasteiger partial charge in [0.1, 0.15) is 5.82 Å². The average Bonchev–Trinajstić information content (AvgIpc) is 2.64. The lowest BCUT2D eigenvalue weighted by molar-refractivity contribution is 0.0735. The molecule has 0 radical (unpaired) electrons. The van der Waals surface area contributed by atoms with E-state index in [1.807, 2.05) is 0 Å². The third-order valence-corrected chi connectivity index (χ3v) is 5.75. The van der Waals surface area contributed by atoms with Gasteiger partial charge in [0.2, 0.25) is 0 Å². The Bertz CT molecular complexity index is 914. The summed E-state index contributed by atoms with van der Waals surface area (Å²) in [6.07, 6.45) is 0. The Labute approximate surface area is 164 Å². The number of hydrogen-bond donors (Lipinski definition) is 2. The van der Waals surface area contributed by atoms with Crippen LogP contribution in [0.5, 0.6) is 0 Å². The smallest absolute Gasteiger partial charge is 0.262 e. The minimum absolute atomic E-state index is 0. The maximum atomic E-state index is 13.0. The Kier molecular flexibility index (Phi) is 6.80. The fourth-order valence-corrected chi connectivity index (χ4v) is 4.13. The minimum atomic E-state index is -3.90. The Balaban J connectivity index is 0.00000261. The van der Waals surface area contributed by atoms with E-state index >= 15 is 0 Å². The number of halogens is 2. The van der Waals surface area contributed by atoms with Gasteiger partial charge in [-0.1, -0.05) is 6.07 Å². The average molecular weight is 414 g/mol. The molecule has 1 aliphatic heterocycles. The number of anilines is 1. The fraction of sp³-hybridized carbons (Fsp3) is 0.278. The molecule has 1 aliphatic rings. The number of amides is 1. The van der Waals surface area contributed by atoms with Crippen LogP contribution in [0.3, 0.4) is 0 Å². The fourth-order valence-electron chi connectivity index (χ4n) is 2.80. The molecule has 6 nitrogen and oxygen atoms in total. The number of benzene rings is 2. The molecule has 1 fully saturated rings. The zero-order valence-electron chi connectivity index (χ0n) is 14.7. The van der Waals surface area contributed by atoms with Crippen molar-refractivity contribution < 1.29 is 17.6 Å². The van der Waals surface area contributed by atoms with Gasteiger partial charge >= 0.3 is 0 Å². The van der Waals surface area contributed by atoms with Crippen LogP contribution in [0.25, 0.3) is 0 Å². The van der Waals surface area contributed by atoms with Crippen LogP contribution in [-0.4, -0.2) is 45.4 Å². The number of nitrogens with zero attached hydrogens (tertiary/aromatic N) is 1. The second kappa shape index (κ2) is 8.69. The topological polar surface area (TPSA) is 78.5 Å². The minimum Gasteiger partial charge on any atom is -0.336 e. The van der Waals surface area contributed by atoms with Crippen LogP contribution in [0.1, 0.15) is 15.9 Å². The van der Waals surface area contributed by atoms with Crippen molar-refractivity contribution in [2.24, 2.45) is 0 Å². The van der Waals surface area contributed by atoms with Gasteiger partial charge in [-0.2, -0.15) is 0 Å². The second-order valence-corrected chi connectivity index (χ2v) is 7.79. The Hall–Kier alpha value is -2.16. The van der Waals surface area contributed by atoms with Gasteiger partial charge in [-0.25, -0.2) is 12.8 Å². The molecular weight excluding hydrogens is 393 g/mol. The standard InChI is InChI=1S/C18H20FN3O3S.ClH/c1-13-2-3-14(18(23)22-10-8-20-9-11-22)12-17(13)26(24,25)21-16-6-4-15(19)5-7-16;/h2-7,12,20-21H,8-11H2,1H3;1H. The molecule has 0 aliphatic carbocycles. The van der Waals surface area contributed by atoms with Crippen LogP contribution in [0, 0.1) is 12.7 Å². The number of rotatable bonds is 4. The molecule has 146 valence electrons. The summed E-state index contributed by atoms with van der Waals surface area (Å²) in [4.78, 5) is 14.4. The number of sulfonamides is 1. The molecule has 2 N–H and O–H groups in total. The first kappa shape index (κ1) is 21.1. The van der Waals surface area contributed by atoms with Gasteiger partial charge in [0.15, 0.2) is 0 Å². The van der Waals surface area contributed by atoms with Crippen LogP contribution >= 0.6 is 12.4 Å². The predicted molar refractivity (Wildman–Crippen MR) is 104 cm³/mol. The quantitative estimate of drug-likeness (QED) is 0.806. The predicted octanol–water partition coefficient (Wildman–Crippen LogP) is 2.40. The first-order chi connectivity index (χ1) is 12.4. The van der Waals surface area contributed by atoms with E-state index in [9.17, 15) is 17.6 Å².